The highest BCUT2D eigenvalue weighted by molar-refractivity contribution is 5.91. The van der Waals surface area contributed by atoms with Crippen LogP contribution >= 0.6 is 0 Å². The van der Waals surface area contributed by atoms with E-state index < -0.39 is 17.9 Å². The Kier molecular flexibility index (Phi) is 6.07. The van der Waals surface area contributed by atoms with Gasteiger partial charge in [0.05, 0.1) is 18.2 Å². The molecule has 0 radical (unpaired) electrons. The summed E-state index contributed by atoms with van der Waals surface area (Å²) >= 11 is 0. The third-order valence-electron chi connectivity index (χ3n) is 5.09. The zero-order valence-electron chi connectivity index (χ0n) is 17.5. The van der Waals surface area contributed by atoms with E-state index in [0.717, 1.165) is 22.4 Å². The summed E-state index contributed by atoms with van der Waals surface area (Å²) in [6.45, 7) is 1.88. The lowest BCUT2D eigenvalue weighted by molar-refractivity contribution is -0.137. The number of carboxylic acid groups (broad SMARTS) is 1. The van der Waals surface area contributed by atoms with Crippen molar-refractivity contribution < 1.29 is 14.7 Å². The molecular formula is C25H22N4O3. The predicted octanol–water partition coefficient (Wildman–Crippen LogP) is 4.19. The average molecular weight is 426 g/mol. The fourth-order valence-corrected chi connectivity index (χ4v) is 3.55. The van der Waals surface area contributed by atoms with Gasteiger partial charge in [0.2, 0.25) is 5.82 Å². The van der Waals surface area contributed by atoms with E-state index in [1.165, 1.54) is 0 Å². The van der Waals surface area contributed by atoms with Gasteiger partial charge in [-0.1, -0.05) is 72.8 Å². The maximum absolute atomic E-state index is 13.1. The van der Waals surface area contributed by atoms with Gasteiger partial charge < -0.3 is 10.4 Å². The quantitative estimate of drug-likeness (QED) is 0.462. The summed E-state index contributed by atoms with van der Waals surface area (Å²) in [5.41, 5.74) is 3.21. The molecule has 0 saturated heterocycles. The van der Waals surface area contributed by atoms with E-state index >= 15 is 0 Å². The van der Waals surface area contributed by atoms with Crippen LogP contribution in [0.4, 0.5) is 0 Å². The van der Waals surface area contributed by atoms with Crippen molar-refractivity contribution in [2.45, 2.75) is 19.4 Å². The van der Waals surface area contributed by atoms with E-state index in [-0.39, 0.29) is 12.2 Å². The molecule has 0 aliphatic heterocycles. The van der Waals surface area contributed by atoms with Gasteiger partial charge in [-0.25, -0.2) is 9.67 Å². The first-order valence-corrected chi connectivity index (χ1v) is 10.2. The molecule has 1 amide bonds. The van der Waals surface area contributed by atoms with Crippen molar-refractivity contribution in [1.29, 1.82) is 0 Å². The highest BCUT2D eigenvalue weighted by Gasteiger charge is 2.24. The third-order valence-corrected chi connectivity index (χ3v) is 5.09. The van der Waals surface area contributed by atoms with Crippen LogP contribution in [0.3, 0.4) is 0 Å². The Bertz CT molecular complexity index is 1180. The van der Waals surface area contributed by atoms with Gasteiger partial charge in [0.25, 0.3) is 5.91 Å². The number of aromatic nitrogens is 3. The van der Waals surface area contributed by atoms with Gasteiger partial charge in [0.15, 0.2) is 5.82 Å². The van der Waals surface area contributed by atoms with Gasteiger partial charge in [-0.3, -0.25) is 9.59 Å². The van der Waals surface area contributed by atoms with Crippen LogP contribution < -0.4 is 5.32 Å². The summed E-state index contributed by atoms with van der Waals surface area (Å²) in [6.07, 6.45) is -0.248. The van der Waals surface area contributed by atoms with Gasteiger partial charge in [0, 0.05) is 5.56 Å². The number of hydrogen-bond acceptors (Lipinski definition) is 4. The molecule has 0 saturated carbocycles. The van der Waals surface area contributed by atoms with Gasteiger partial charge in [-0.15, -0.1) is 5.10 Å². The van der Waals surface area contributed by atoms with Gasteiger partial charge >= 0.3 is 5.97 Å². The summed E-state index contributed by atoms with van der Waals surface area (Å²) in [5, 5.41) is 16.6. The number of hydrogen-bond donors (Lipinski definition) is 2. The Morgan fingerprint density at radius 2 is 1.56 bits per heavy atom. The van der Waals surface area contributed by atoms with Crippen molar-refractivity contribution in [2.24, 2.45) is 0 Å². The molecule has 7 nitrogen and oxygen atoms in total. The summed E-state index contributed by atoms with van der Waals surface area (Å²) < 4.78 is 1.62. The monoisotopic (exact) mass is 426 g/mol. The Labute approximate surface area is 185 Å². The summed E-state index contributed by atoms with van der Waals surface area (Å²) in [4.78, 5) is 29.1. The second-order valence-electron chi connectivity index (χ2n) is 7.35. The topological polar surface area (TPSA) is 97.1 Å². The summed E-state index contributed by atoms with van der Waals surface area (Å²) in [7, 11) is 0. The summed E-state index contributed by atoms with van der Waals surface area (Å²) in [6, 6.07) is 25.6. The number of nitrogens with one attached hydrogen (secondary N) is 1. The largest absolute Gasteiger partial charge is 0.481 e. The Balaban J connectivity index is 1.71. The smallest absolute Gasteiger partial charge is 0.305 e. The zero-order valence-corrected chi connectivity index (χ0v) is 17.5. The number of benzene rings is 3. The number of nitrogens with zero attached hydrogens (tertiary/aromatic N) is 3. The molecule has 0 spiro atoms. The average Bonchev–Trinajstić information content (AvgIpc) is 3.26. The maximum Gasteiger partial charge on any atom is 0.305 e. The highest BCUT2D eigenvalue weighted by Crippen LogP contribution is 2.23. The second-order valence-corrected chi connectivity index (χ2v) is 7.35. The van der Waals surface area contributed by atoms with Crippen LogP contribution in [0.2, 0.25) is 0 Å². The van der Waals surface area contributed by atoms with Crippen LogP contribution in [0.5, 0.6) is 0 Å². The minimum absolute atomic E-state index is 0.0309. The number of carbonyl (C=O) groups excluding carboxylic acids is 1. The van der Waals surface area contributed by atoms with Crippen molar-refractivity contribution >= 4 is 11.9 Å². The molecule has 0 aliphatic rings. The van der Waals surface area contributed by atoms with Crippen molar-refractivity contribution in [2.75, 3.05) is 0 Å². The molecule has 2 N–H and O–H groups in total. The molecule has 0 bridgehead atoms. The molecule has 1 heterocycles. The van der Waals surface area contributed by atoms with Crippen LogP contribution in [-0.2, 0) is 4.79 Å². The third kappa shape index (κ3) is 4.57. The normalized spacial score (nSPS) is 11.7. The predicted molar refractivity (Wildman–Crippen MR) is 120 cm³/mol. The number of carbonyl (C=O) groups is 2. The maximum atomic E-state index is 13.1. The van der Waals surface area contributed by atoms with Crippen LogP contribution in [0.1, 0.15) is 34.2 Å². The van der Waals surface area contributed by atoms with Gasteiger partial charge in [-0.05, 0) is 30.2 Å². The molecule has 1 atom stereocenters. The minimum Gasteiger partial charge on any atom is -0.481 e. The van der Waals surface area contributed by atoms with Crippen LogP contribution in [0.15, 0.2) is 84.9 Å². The number of amides is 1. The van der Waals surface area contributed by atoms with Crippen molar-refractivity contribution in [3.63, 3.8) is 0 Å². The lowest BCUT2D eigenvalue weighted by atomic mass is 9.99. The zero-order chi connectivity index (χ0) is 22.5. The number of carboxylic acids is 1. The molecule has 4 aromatic rings. The molecule has 3 aromatic carbocycles. The van der Waals surface area contributed by atoms with E-state index in [2.05, 4.69) is 15.4 Å². The second kappa shape index (κ2) is 9.26. The Hall–Kier alpha value is -4.26. The minimum atomic E-state index is -1.01. The lowest BCUT2D eigenvalue weighted by Gasteiger charge is -2.18. The van der Waals surface area contributed by atoms with Crippen molar-refractivity contribution in [3.05, 3.63) is 102 Å². The molecule has 1 aromatic heterocycles. The number of aryl methyl sites for hydroxylation is 1. The lowest BCUT2D eigenvalue weighted by Crippen LogP contribution is -2.31. The van der Waals surface area contributed by atoms with E-state index in [0.29, 0.717) is 5.82 Å². The molecule has 160 valence electrons. The SMILES string of the molecule is Cc1ccccc1C(CC(=O)O)NC(=O)c1nc(-c2ccccc2)n(-c2ccccc2)n1. The molecule has 4 rings (SSSR count). The van der Waals surface area contributed by atoms with E-state index in [1.54, 1.807) is 4.68 Å². The molecule has 7 heteroatoms. The van der Waals surface area contributed by atoms with Gasteiger partial charge in [-0.2, -0.15) is 0 Å². The van der Waals surface area contributed by atoms with Crippen molar-refractivity contribution in [3.8, 4) is 17.1 Å². The van der Waals surface area contributed by atoms with Crippen LogP contribution in [0, 0.1) is 6.92 Å². The van der Waals surface area contributed by atoms with Gasteiger partial charge in [0.1, 0.15) is 0 Å². The van der Waals surface area contributed by atoms with Crippen LogP contribution in [-0.4, -0.2) is 31.7 Å². The molecule has 32 heavy (non-hydrogen) atoms. The number of para-hydroxylation sites is 1. The summed E-state index contributed by atoms with van der Waals surface area (Å²) in [5.74, 6) is -1.05. The highest BCUT2D eigenvalue weighted by atomic mass is 16.4. The first-order valence-electron chi connectivity index (χ1n) is 10.2. The van der Waals surface area contributed by atoms with E-state index in [4.69, 9.17) is 0 Å². The Morgan fingerprint density at radius 1 is 0.938 bits per heavy atom. The first-order chi connectivity index (χ1) is 15.5. The number of aliphatic carboxylic acids is 1. The first kappa shape index (κ1) is 21.0. The molecule has 1 unspecified atom stereocenters. The number of rotatable bonds is 7. The standard InChI is InChI=1S/C25H22N4O3/c1-17-10-8-9-15-20(17)21(16-22(30)31)26-25(32)23-27-24(18-11-4-2-5-12-18)29(28-23)19-13-6-3-7-14-19/h2-15,21H,16H2,1H3,(H,26,32)(H,30,31). The Morgan fingerprint density at radius 3 is 2.22 bits per heavy atom. The van der Waals surface area contributed by atoms with Crippen LogP contribution in [0.25, 0.3) is 17.1 Å². The van der Waals surface area contributed by atoms with Crippen molar-refractivity contribution in [1.82, 2.24) is 20.1 Å². The molecular weight excluding hydrogens is 404 g/mol. The fourth-order valence-electron chi connectivity index (χ4n) is 3.55. The van der Waals surface area contributed by atoms with E-state index in [1.807, 2.05) is 91.9 Å². The molecule has 0 fully saturated rings. The van der Waals surface area contributed by atoms with E-state index in [9.17, 15) is 14.7 Å². The fraction of sp³-hybridized carbons (Fsp3) is 0.120. The molecule has 0 aliphatic carbocycles.